The quantitative estimate of drug-likeness (QED) is 0.784. The fourth-order valence-electron chi connectivity index (χ4n) is 1.93. The fourth-order valence-corrected chi connectivity index (χ4v) is 3.45. The van der Waals surface area contributed by atoms with E-state index < -0.39 is 0 Å². The summed E-state index contributed by atoms with van der Waals surface area (Å²) in [4.78, 5) is 14.4. The Labute approximate surface area is 130 Å². The molecule has 0 radical (unpaired) electrons. The Morgan fingerprint density at radius 2 is 1.85 bits per heavy atom. The van der Waals surface area contributed by atoms with Crippen molar-refractivity contribution in [2.75, 3.05) is 12.3 Å². The molecule has 6 heteroatoms. The van der Waals surface area contributed by atoms with Crippen LogP contribution in [-0.4, -0.2) is 17.4 Å². The van der Waals surface area contributed by atoms with Crippen molar-refractivity contribution >= 4 is 38.9 Å². The molecule has 1 amide bonds. The number of benzene rings is 1. The average molecular weight is 354 g/mol. The highest BCUT2D eigenvalue weighted by Crippen LogP contribution is 2.23. The summed E-state index contributed by atoms with van der Waals surface area (Å²) in [5, 5.41) is 0. The first kappa shape index (κ1) is 15.0. The Kier molecular flexibility index (Phi) is 5.17. The molecule has 20 heavy (non-hydrogen) atoms. The number of thiophene rings is 1. The third-order valence-electron chi connectivity index (χ3n) is 2.77. The molecule has 1 aromatic carbocycles. The van der Waals surface area contributed by atoms with E-state index >= 15 is 0 Å². The van der Waals surface area contributed by atoms with E-state index in [-0.39, 0.29) is 12.5 Å². The highest BCUT2D eigenvalue weighted by molar-refractivity contribution is 9.11. The molecular formula is C14H16BrN3OS. The standard InChI is InChI=1S/C14H16BrN3OS/c15-13-6-5-12(20-13)8-18(9-14(17)19)7-10-1-3-11(16)4-2-10/h1-6H,7-9,16H2,(H2,17,19). The lowest BCUT2D eigenvalue weighted by Crippen LogP contribution is -2.32. The zero-order chi connectivity index (χ0) is 14.5. The second-order valence-corrected chi connectivity index (χ2v) is 7.11. The van der Waals surface area contributed by atoms with Gasteiger partial charge in [0.1, 0.15) is 0 Å². The van der Waals surface area contributed by atoms with E-state index in [1.807, 2.05) is 41.3 Å². The number of carbonyl (C=O) groups excluding carboxylic acids is 1. The van der Waals surface area contributed by atoms with Gasteiger partial charge in [0.2, 0.25) is 5.91 Å². The van der Waals surface area contributed by atoms with Crippen LogP contribution in [0.4, 0.5) is 5.69 Å². The van der Waals surface area contributed by atoms with Crippen LogP contribution in [0.1, 0.15) is 10.4 Å². The van der Waals surface area contributed by atoms with E-state index in [2.05, 4.69) is 15.9 Å². The SMILES string of the molecule is NC(=O)CN(Cc1ccc(N)cc1)Cc1ccc(Br)s1. The number of anilines is 1. The van der Waals surface area contributed by atoms with Crippen molar-refractivity contribution < 1.29 is 4.79 Å². The van der Waals surface area contributed by atoms with Crippen molar-refractivity contribution in [2.24, 2.45) is 5.73 Å². The molecule has 0 saturated carbocycles. The van der Waals surface area contributed by atoms with E-state index in [0.29, 0.717) is 13.1 Å². The van der Waals surface area contributed by atoms with Crippen molar-refractivity contribution in [2.45, 2.75) is 13.1 Å². The van der Waals surface area contributed by atoms with Crippen LogP contribution in [0.15, 0.2) is 40.2 Å². The summed E-state index contributed by atoms with van der Waals surface area (Å²) in [6.45, 7) is 1.60. The molecule has 0 unspecified atom stereocenters. The summed E-state index contributed by atoms with van der Waals surface area (Å²) >= 11 is 5.10. The number of amides is 1. The number of hydrogen-bond acceptors (Lipinski definition) is 4. The van der Waals surface area contributed by atoms with Gasteiger partial charge in [-0.05, 0) is 45.8 Å². The van der Waals surface area contributed by atoms with Gasteiger partial charge in [-0.3, -0.25) is 9.69 Å². The van der Waals surface area contributed by atoms with Gasteiger partial charge in [-0.2, -0.15) is 0 Å². The predicted octanol–water partition coefficient (Wildman–Crippen LogP) is 2.58. The third-order valence-corrected chi connectivity index (χ3v) is 4.38. The molecule has 0 aliphatic rings. The van der Waals surface area contributed by atoms with Gasteiger partial charge >= 0.3 is 0 Å². The zero-order valence-electron chi connectivity index (χ0n) is 10.9. The molecule has 4 N–H and O–H groups in total. The molecule has 0 atom stereocenters. The number of primary amides is 1. The number of halogens is 1. The van der Waals surface area contributed by atoms with Gasteiger partial charge in [-0.25, -0.2) is 0 Å². The van der Waals surface area contributed by atoms with Gasteiger partial charge in [0.25, 0.3) is 0 Å². The lowest BCUT2D eigenvalue weighted by Gasteiger charge is -2.20. The molecule has 0 saturated heterocycles. The second-order valence-electron chi connectivity index (χ2n) is 4.56. The van der Waals surface area contributed by atoms with E-state index in [9.17, 15) is 4.79 Å². The molecule has 0 spiro atoms. The summed E-state index contributed by atoms with van der Waals surface area (Å²) in [7, 11) is 0. The summed E-state index contributed by atoms with van der Waals surface area (Å²) in [6, 6.07) is 11.7. The number of nitrogens with two attached hydrogens (primary N) is 2. The molecule has 1 aromatic heterocycles. The molecule has 2 aromatic rings. The van der Waals surface area contributed by atoms with Crippen molar-refractivity contribution in [1.29, 1.82) is 0 Å². The summed E-state index contributed by atoms with van der Waals surface area (Å²) < 4.78 is 1.08. The Hall–Kier alpha value is -1.37. The van der Waals surface area contributed by atoms with Crippen LogP contribution in [0.25, 0.3) is 0 Å². The van der Waals surface area contributed by atoms with Crippen LogP contribution >= 0.6 is 27.3 Å². The summed E-state index contributed by atoms with van der Waals surface area (Å²) in [5.74, 6) is -0.323. The number of nitrogen functional groups attached to an aromatic ring is 1. The Balaban J connectivity index is 2.06. The molecule has 1 heterocycles. The lowest BCUT2D eigenvalue weighted by atomic mass is 10.2. The van der Waals surface area contributed by atoms with Crippen LogP contribution in [-0.2, 0) is 17.9 Å². The topological polar surface area (TPSA) is 72.4 Å². The van der Waals surface area contributed by atoms with E-state index in [4.69, 9.17) is 11.5 Å². The molecule has 0 fully saturated rings. The van der Waals surface area contributed by atoms with E-state index in [1.54, 1.807) is 11.3 Å². The van der Waals surface area contributed by atoms with Crippen molar-refractivity contribution in [1.82, 2.24) is 4.90 Å². The fraction of sp³-hybridized carbons (Fsp3) is 0.214. The number of hydrogen-bond donors (Lipinski definition) is 2. The minimum absolute atomic E-state index is 0.236. The highest BCUT2D eigenvalue weighted by atomic mass is 79.9. The monoisotopic (exact) mass is 353 g/mol. The van der Waals surface area contributed by atoms with Gasteiger partial charge in [-0.15, -0.1) is 11.3 Å². The Morgan fingerprint density at radius 3 is 2.40 bits per heavy atom. The molecule has 106 valence electrons. The first-order valence-corrected chi connectivity index (χ1v) is 7.73. The lowest BCUT2D eigenvalue weighted by molar-refractivity contribution is -0.119. The van der Waals surface area contributed by atoms with E-state index in [0.717, 1.165) is 15.0 Å². The molecule has 0 bridgehead atoms. The minimum Gasteiger partial charge on any atom is -0.399 e. The van der Waals surface area contributed by atoms with Crippen molar-refractivity contribution in [3.63, 3.8) is 0 Å². The largest absolute Gasteiger partial charge is 0.399 e. The second kappa shape index (κ2) is 6.88. The molecule has 2 rings (SSSR count). The highest BCUT2D eigenvalue weighted by Gasteiger charge is 2.11. The van der Waals surface area contributed by atoms with Crippen LogP contribution < -0.4 is 11.5 Å². The third kappa shape index (κ3) is 4.63. The maximum absolute atomic E-state index is 11.2. The minimum atomic E-state index is -0.323. The molecule has 0 aliphatic heterocycles. The smallest absolute Gasteiger partial charge is 0.231 e. The van der Waals surface area contributed by atoms with Crippen LogP contribution in [0.3, 0.4) is 0 Å². The van der Waals surface area contributed by atoms with Gasteiger partial charge in [0.15, 0.2) is 0 Å². The summed E-state index contributed by atoms with van der Waals surface area (Å²) in [5.41, 5.74) is 12.8. The Morgan fingerprint density at radius 1 is 1.15 bits per heavy atom. The maximum Gasteiger partial charge on any atom is 0.231 e. The number of nitrogens with zero attached hydrogens (tertiary/aromatic N) is 1. The number of rotatable bonds is 6. The van der Waals surface area contributed by atoms with Crippen molar-refractivity contribution in [3.05, 3.63) is 50.6 Å². The Bertz CT molecular complexity index is 582. The van der Waals surface area contributed by atoms with E-state index in [1.165, 1.54) is 4.88 Å². The zero-order valence-corrected chi connectivity index (χ0v) is 13.3. The molecular weight excluding hydrogens is 338 g/mol. The average Bonchev–Trinajstić information content (AvgIpc) is 2.77. The molecule has 4 nitrogen and oxygen atoms in total. The van der Waals surface area contributed by atoms with Crippen LogP contribution in [0.5, 0.6) is 0 Å². The molecule has 0 aliphatic carbocycles. The van der Waals surface area contributed by atoms with Gasteiger partial charge < -0.3 is 11.5 Å². The van der Waals surface area contributed by atoms with Gasteiger partial charge in [-0.1, -0.05) is 12.1 Å². The predicted molar refractivity (Wildman–Crippen MR) is 86.2 cm³/mol. The summed E-state index contributed by atoms with van der Waals surface area (Å²) in [6.07, 6.45) is 0. The van der Waals surface area contributed by atoms with Gasteiger partial charge in [0, 0.05) is 23.7 Å². The van der Waals surface area contributed by atoms with Crippen molar-refractivity contribution in [3.8, 4) is 0 Å². The van der Waals surface area contributed by atoms with Crippen LogP contribution in [0.2, 0.25) is 0 Å². The van der Waals surface area contributed by atoms with Crippen LogP contribution in [0, 0.1) is 0 Å². The normalized spacial score (nSPS) is 10.9. The van der Waals surface area contributed by atoms with Gasteiger partial charge in [0.05, 0.1) is 10.3 Å². The first-order valence-electron chi connectivity index (χ1n) is 6.12. The first-order chi connectivity index (χ1) is 9.52. The number of carbonyl (C=O) groups is 1. The maximum atomic E-state index is 11.2.